The van der Waals surface area contributed by atoms with Crippen molar-refractivity contribution in [2.45, 2.75) is 6.61 Å². The summed E-state index contributed by atoms with van der Waals surface area (Å²) in [5.74, 6) is 0.606. The second kappa shape index (κ2) is 10.2. The fourth-order valence-electron chi connectivity index (χ4n) is 3.11. The Bertz CT molecular complexity index is 1350. The molecule has 0 fully saturated rings. The van der Waals surface area contributed by atoms with Gasteiger partial charge >= 0.3 is 5.91 Å². The Hall–Kier alpha value is -4.18. The van der Waals surface area contributed by atoms with Crippen molar-refractivity contribution in [2.75, 3.05) is 7.11 Å². The normalized spacial score (nSPS) is 11.0. The lowest BCUT2D eigenvalue weighted by Gasteiger charge is -2.12. The average molecular weight is 524 g/mol. The number of carbonyl (C=O) groups excluding carboxylic acids is 1. The highest BCUT2D eigenvalue weighted by molar-refractivity contribution is 9.10. The van der Waals surface area contributed by atoms with Crippen LogP contribution in [-0.4, -0.2) is 24.2 Å². The van der Waals surface area contributed by atoms with Crippen molar-refractivity contribution in [3.05, 3.63) is 98.2 Å². The lowest BCUT2D eigenvalue weighted by Crippen LogP contribution is -2.16. The van der Waals surface area contributed by atoms with Gasteiger partial charge in [-0.2, -0.15) is 5.10 Å². The molecule has 3 aromatic carbocycles. The van der Waals surface area contributed by atoms with Crippen LogP contribution in [0.3, 0.4) is 0 Å². The molecule has 1 heterocycles. The SMILES string of the molecule is COc1cc(/C=N/NC(=O)c2cc3ccccc3o2)c(Br)cc1OCc1ccc([N+](=O)[O-])cc1. The molecule has 1 aromatic heterocycles. The van der Waals surface area contributed by atoms with Gasteiger partial charge in [-0.3, -0.25) is 14.9 Å². The minimum atomic E-state index is -0.474. The summed E-state index contributed by atoms with van der Waals surface area (Å²) in [6.07, 6.45) is 1.47. The number of furan rings is 1. The van der Waals surface area contributed by atoms with Gasteiger partial charge < -0.3 is 13.9 Å². The van der Waals surface area contributed by atoms with E-state index >= 15 is 0 Å². The van der Waals surface area contributed by atoms with E-state index in [1.165, 1.54) is 25.5 Å². The molecule has 0 bridgehead atoms. The van der Waals surface area contributed by atoms with Gasteiger partial charge in [-0.15, -0.1) is 0 Å². The number of carbonyl (C=O) groups is 1. The molecular weight excluding hydrogens is 506 g/mol. The predicted octanol–water partition coefficient (Wildman–Crippen LogP) is 5.46. The number of rotatable bonds is 8. The number of benzene rings is 3. The fourth-order valence-corrected chi connectivity index (χ4v) is 3.53. The number of non-ortho nitro benzene ring substituents is 1. The second-order valence-electron chi connectivity index (χ2n) is 7.08. The van der Waals surface area contributed by atoms with Crippen LogP contribution in [0.25, 0.3) is 11.0 Å². The first-order chi connectivity index (χ1) is 16.4. The minimum Gasteiger partial charge on any atom is -0.493 e. The van der Waals surface area contributed by atoms with E-state index in [1.807, 2.05) is 18.2 Å². The van der Waals surface area contributed by atoms with Gasteiger partial charge in [0.1, 0.15) is 12.2 Å². The molecule has 4 rings (SSSR count). The standard InChI is InChI=1S/C24H18BrN3O6/c1-32-21-11-17(13-26-27-24(29)23-10-16-4-2-3-5-20(16)34-23)19(25)12-22(21)33-14-15-6-8-18(9-7-15)28(30)31/h2-13H,14H2,1H3,(H,27,29)/b26-13+. The van der Waals surface area contributed by atoms with Crippen LogP contribution in [-0.2, 0) is 6.61 Å². The van der Waals surface area contributed by atoms with Crippen molar-refractivity contribution >= 4 is 44.7 Å². The molecule has 9 nitrogen and oxygen atoms in total. The van der Waals surface area contributed by atoms with Crippen LogP contribution in [0, 0.1) is 10.1 Å². The van der Waals surface area contributed by atoms with Crippen LogP contribution in [0.1, 0.15) is 21.7 Å². The maximum atomic E-state index is 12.3. The van der Waals surface area contributed by atoms with E-state index in [2.05, 4.69) is 26.5 Å². The minimum absolute atomic E-state index is 0.0140. The van der Waals surface area contributed by atoms with Gasteiger partial charge in [0.15, 0.2) is 17.3 Å². The van der Waals surface area contributed by atoms with E-state index in [4.69, 9.17) is 13.9 Å². The predicted molar refractivity (Wildman–Crippen MR) is 129 cm³/mol. The number of nitro benzene ring substituents is 1. The Kier molecular flexibility index (Phi) is 6.88. The Morgan fingerprint density at radius 1 is 1.15 bits per heavy atom. The number of hydrogen-bond acceptors (Lipinski definition) is 7. The first-order valence-electron chi connectivity index (χ1n) is 10.0. The van der Waals surface area contributed by atoms with E-state index in [0.717, 1.165) is 10.9 Å². The third-order valence-corrected chi connectivity index (χ3v) is 5.53. The number of methoxy groups -OCH3 is 1. The van der Waals surface area contributed by atoms with Gasteiger partial charge in [0, 0.05) is 27.6 Å². The fraction of sp³-hybridized carbons (Fsp3) is 0.0833. The lowest BCUT2D eigenvalue weighted by atomic mass is 10.2. The van der Waals surface area contributed by atoms with Crippen molar-refractivity contribution in [3.63, 3.8) is 0 Å². The number of hydrogen-bond donors (Lipinski definition) is 1. The Morgan fingerprint density at radius 2 is 1.91 bits per heavy atom. The monoisotopic (exact) mass is 523 g/mol. The Labute approximate surface area is 202 Å². The van der Waals surface area contributed by atoms with Crippen LogP contribution in [0.2, 0.25) is 0 Å². The summed E-state index contributed by atoms with van der Waals surface area (Å²) in [7, 11) is 1.51. The largest absolute Gasteiger partial charge is 0.493 e. The van der Waals surface area contributed by atoms with Gasteiger partial charge in [0.25, 0.3) is 5.69 Å². The number of nitrogens with one attached hydrogen (secondary N) is 1. The van der Waals surface area contributed by atoms with E-state index in [-0.39, 0.29) is 18.1 Å². The van der Waals surface area contributed by atoms with Crippen molar-refractivity contribution in [1.29, 1.82) is 0 Å². The number of fused-ring (bicyclic) bond motifs is 1. The Balaban J connectivity index is 1.42. The highest BCUT2D eigenvalue weighted by atomic mass is 79.9. The van der Waals surface area contributed by atoms with Gasteiger partial charge in [0.2, 0.25) is 0 Å². The molecule has 10 heteroatoms. The zero-order chi connectivity index (χ0) is 24.1. The van der Waals surface area contributed by atoms with E-state index in [9.17, 15) is 14.9 Å². The molecule has 0 spiro atoms. The van der Waals surface area contributed by atoms with E-state index < -0.39 is 10.8 Å². The zero-order valence-corrected chi connectivity index (χ0v) is 19.4. The third-order valence-electron chi connectivity index (χ3n) is 4.84. The number of ether oxygens (including phenoxy) is 2. The third kappa shape index (κ3) is 5.24. The van der Waals surface area contributed by atoms with Crippen molar-refractivity contribution in [2.24, 2.45) is 5.10 Å². The molecule has 4 aromatic rings. The number of amides is 1. The van der Waals surface area contributed by atoms with Gasteiger partial charge in [0.05, 0.1) is 18.2 Å². The maximum Gasteiger partial charge on any atom is 0.307 e. The van der Waals surface area contributed by atoms with Gasteiger partial charge in [-0.1, -0.05) is 18.2 Å². The number of halogens is 1. The number of para-hydroxylation sites is 1. The molecule has 0 radical (unpaired) electrons. The molecule has 1 N–H and O–H groups in total. The molecule has 0 unspecified atom stereocenters. The summed E-state index contributed by atoms with van der Waals surface area (Å²) in [6.45, 7) is 0.196. The molecule has 0 saturated carbocycles. The van der Waals surface area contributed by atoms with Crippen LogP contribution in [0.5, 0.6) is 11.5 Å². The smallest absolute Gasteiger partial charge is 0.307 e. The first-order valence-corrected chi connectivity index (χ1v) is 10.8. The van der Waals surface area contributed by atoms with Crippen LogP contribution < -0.4 is 14.9 Å². The molecular formula is C24H18BrN3O6. The molecule has 0 aliphatic rings. The van der Waals surface area contributed by atoms with Gasteiger partial charge in [-0.25, -0.2) is 5.43 Å². The van der Waals surface area contributed by atoms with E-state index in [1.54, 1.807) is 36.4 Å². The van der Waals surface area contributed by atoms with Crippen LogP contribution >= 0.6 is 15.9 Å². The molecule has 0 saturated heterocycles. The molecule has 172 valence electrons. The first kappa shape index (κ1) is 23.0. The number of hydrazone groups is 1. The summed E-state index contributed by atoms with van der Waals surface area (Å²) >= 11 is 3.46. The topological polar surface area (TPSA) is 116 Å². The molecule has 1 amide bonds. The molecule has 0 aliphatic heterocycles. The molecule has 0 atom stereocenters. The quantitative estimate of drug-likeness (QED) is 0.186. The van der Waals surface area contributed by atoms with Gasteiger partial charge in [-0.05, 0) is 57.9 Å². The van der Waals surface area contributed by atoms with Crippen LogP contribution in [0.15, 0.2) is 80.7 Å². The summed E-state index contributed by atoms with van der Waals surface area (Å²) in [4.78, 5) is 22.7. The number of nitro groups is 1. The molecule has 0 aliphatic carbocycles. The highest BCUT2D eigenvalue weighted by Gasteiger charge is 2.13. The lowest BCUT2D eigenvalue weighted by molar-refractivity contribution is -0.384. The highest BCUT2D eigenvalue weighted by Crippen LogP contribution is 2.33. The zero-order valence-electron chi connectivity index (χ0n) is 17.9. The van der Waals surface area contributed by atoms with E-state index in [0.29, 0.717) is 27.1 Å². The summed E-state index contributed by atoms with van der Waals surface area (Å²) in [5.41, 5.74) is 4.49. The summed E-state index contributed by atoms with van der Waals surface area (Å²) in [6, 6.07) is 18.5. The maximum absolute atomic E-state index is 12.3. The van der Waals surface area contributed by atoms with Crippen molar-refractivity contribution < 1.29 is 23.6 Å². The second-order valence-corrected chi connectivity index (χ2v) is 7.94. The average Bonchev–Trinajstić information content (AvgIpc) is 3.28. The number of nitrogens with zero attached hydrogens (tertiary/aromatic N) is 2. The summed E-state index contributed by atoms with van der Waals surface area (Å²) < 4.78 is 17.4. The molecule has 34 heavy (non-hydrogen) atoms. The van der Waals surface area contributed by atoms with Crippen molar-refractivity contribution in [3.8, 4) is 11.5 Å². The van der Waals surface area contributed by atoms with Crippen LogP contribution in [0.4, 0.5) is 5.69 Å². The Morgan fingerprint density at radius 3 is 2.62 bits per heavy atom. The summed E-state index contributed by atoms with van der Waals surface area (Å²) in [5, 5.41) is 15.6. The van der Waals surface area contributed by atoms with Crippen molar-refractivity contribution in [1.82, 2.24) is 5.43 Å².